The number of halogens is 2. The van der Waals surface area contributed by atoms with E-state index in [1.54, 1.807) is 24.4 Å². The summed E-state index contributed by atoms with van der Waals surface area (Å²) in [6, 6.07) is 11.8. The number of nitrogens with zero attached hydrogens (tertiary/aromatic N) is 3. The average Bonchev–Trinajstić information content (AvgIpc) is 2.88. The first-order valence-electron chi connectivity index (χ1n) is 11.6. The maximum atomic E-state index is 11.5. The summed E-state index contributed by atoms with van der Waals surface area (Å²) in [4.78, 5) is 32.7. The molecule has 0 spiro atoms. The van der Waals surface area contributed by atoms with Gasteiger partial charge in [-0.15, -0.1) is 0 Å². The van der Waals surface area contributed by atoms with Crippen LogP contribution < -0.4 is 16.4 Å². The maximum Gasteiger partial charge on any atom is 0.408 e. The third-order valence-electron chi connectivity index (χ3n) is 6.25. The summed E-state index contributed by atoms with van der Waals surface area (Å²) in [5.41, 5.74) is 9.16. The fraction of sp³-hybridized carbons (Fsp3) is 0.280. The number of nitrogens with one attached hydrogen (secondary N) is 2. The molecular weight excluding hydrogens is 519 g/mol. The summed E-state index contributed by atoms with van der Waals surface area (Å²) in [7, 11) is 0. The van der Waals surface area contributed by atoms with Gasteiger partial charge in [0.15, 0.2) is 11.6 Å². The third-order valence-corrected chi connectivity index (χ3v) is 6.95. The molecule has 194 valence electrons. The number of likely N-dealkylation sites (tertiary alicyclic amines) is 1. The molecule has 2 heterocycles. The Bertz CT molecular complexity index is 1290. The van der Waals surface area contributed by atoms with Crippen molar-refractivity contribution in [2.75, 3.05) is 17.6 Å². The van der Waals surface area contributed by atoms with Crippen LogP contribution in [0.5, 0.6) is 0 Å². The molecule has 1 fully saturated rings. The van der Waals surface area contributed by atoms with Crippen LogP contribution in [0.1, 0.15) is 24.0 Å². The van der Waals surface area contributed by atoms with E-state index in [9.17, 15) is 19.8 Å². The van der Waals surface area contributed by atoms with E-state index < -0.39 is 18.1 Å². The van der Waals surface area contributed by atoms with Gasteiger partial charge in [-0.25, -0.2) is 19.6 Å². The van der Waals surface area contributed by atoms with Gasteiger partial charge in [-0.2, -0.15) is 0 Å². The number of rotatable bonds is 8. The van der Waals surface area contributed by atoms with Gasteiger partial charge >= 0.3 is 12.1 Å². The second kappa shape index (κ2) is 11.6. The Hall–Kier alpha value is -3.60. The van der Waals surface area contributed by atoms with Crippen LogP contribution in [0.3, 0.4) is 0 Å². The Balaban J connectivity index is 1.43. The number of nitrogen functional groups attached to an aromatic ring is 1. The van der Waals surface area contributed by atoms with Crippen molar-refractivity contribution in [3.05, 3.63) is 69.8 Å². The van der Waals surface area contributed by atoms with Gasteiger partial charge < -0.3 is 26.6 Å². The number of aliphatic carboxylic acids is 1. The molecular formula is C25H26Cl2N6O4. The Morgan fingerprint density at radius 1 is 1.11 bits per heavy atom. The number of aromatic nitrogens is 2. The molecule has 0 radical (unpaired) electrons. The molecule has 1 aliphatic rings. The van der Waals surface area contributed by atoms with Crippen LogP contribution in [0.15, 0.2) is 48.7 Å². The molecule has 10 nitrogen and oxygen atoms in total. The molecule has 1 aromatic heterocycles. The highest BCUT2D eigenvalue weighted by atomic mass is 35.5. The van der Waals surface area contributed by atoms with Crippen molar-refractivity contribution in [2.24, 2.45) is 0 Å². The lowest BCUT2D eigenvalue weighted by Gasteiger charge is -2.35. The lowest BCUT2D eigenvalue weighted by Crippen LogP contribution is -2.53. The molecule has 2 atom stereocenters. The summed E-state index contributed by atoms with van der Waals surface area (Å²) in [6.07, 6.45) is 1.11. The zero-order chi connectivity index (χ0) is 26.5. The first-order valence-corrected chi connectivity index (χ1v) is 12.3. The van der Waals surface area contributed by atoms with Crippen LogP contribution in [-0.4, -0.2) is 55.8 Å². The molecule has 37 heavy (non-hydrogen) atoms. The number of anilines is 2. The zero-order valence-electron chi connectivity index (χ0n) is 19.7. The Morgan fingerprint density at radius 3 is 2.54 bits per heavy atom. The van der Waals surface area contributed by atoms with E-state index in [-0.39, 0.29) is 24.8 Å². The van der Waals surface area contributed by atoms with Crippen LogP contribution in [0.4, 0.5) is 16.4 Å². The summed E-state index contributed by atoms with van der Waals surface area (Å²) in [6.45, 7) is 0.972. The highest BCUT2D eigenvalue weighted by molar-refractivity contribution is 6.36. The highest BCUT2D eigenvalue weighted by Crippen LogP contribution is 2.27. The van der Waals surface area contributed by atoms with Crippen molar-refractivity contribution < 1.29 is 19.8 Å². The minimum Gasteiger partial charge on any atom is -0.480 e. The molecule has 1 aliphatic heterocycles. The summed E-state index contributed by atoms with van der Waals surface area (Å²) in [5, 5.41) is 26.2. The smallest absolute Gasteiger partial charge is 0.408 e. The van der Waals surface area contributed by atoms with Gasteiger partial charge in [-0.1, -0.05) is 47.5 Å². The van der Waals surface area contributed by atoms with Crippen LogP contribution in [0.25, 0.3) is 11.3 Å². The number of hydrogen-bond acceptors (Lipinski definition) is 7. The van der Waals surface area contributed by atoms with Crippen molar-refractivity contribution in [1.29, 1.82) is 0 Å². The van der Waals surface area contributed by atoms with Gasteiger partial charge in [0.05, 0.1) is 11.9 Å². The summed E-state index contributed by atoms with van der Waals surface area (Å²) >= 11 is 12.5. The Morgan fingerprint density at radius 2 is 1.84 bits per heavy atom. The standard InChI is InChI=1S/C25H26Cl2N6O4/c26-18-5-2-6-19(27)17(18)12-31-23-22(28)30-13-20(32-23)15-4-1-3-14(9-15)11-29-16-7-8-33(25(36)37)21(10-16)24(34)35/h1-6,9,13,16,21,29H,7-8,10-12H2,(H2,28,30)(H,31,32)(H,34,35)(H,36,37)/t16?,21-/m1/s1. The number of carbonyl (C=O) groups is 2. The lowest BCUT2D eigenvalue weighted by molar-refractivity contribution is -0.144. The Kier molecular flexibility index (Phi) is 8.32. The number of carboxylic acid groups (broad SMARTS) is 2. The first-order chi connectivity index (χ1) is 17.7. The van der Waals surface area contributed by atoms with Gasteiger partial charge in [0, 0.05) is 46.8 Å². The van der Waals surface area contributed by atoms with Gasteiger partial charge in [0.1, 0.15) is 6.04 Å². The number of piperidine rings is 1. The summed E-state index contributed by atoms with van der Waals surface area (Å²) in [5.74, 6) is -0.494. The van der Waals surface area contributed by atoms with E-state index in [1.807, 2.05) is 24.3 Å². The van der Waals surface area contributed by atoms with Crippen molar-refractivity contribution in [1.82, 2.24) is 20.2 Å². The fourth-order valence-corrected chi connectivity index (χ4v) is 4.79. The van der Waals surface area contributed by atoms with Crippen molar-refractivity contribution in [3.63, 3.8) is 0 Å². The van der Waals surface area contributed by atoms with Crippen LogP contribution in [0, 0.1) is 0 Å². The quantitative estimate of drug-likeness (QED) is 0.278. The summed E-state index contributed by atoms with van der Waals surface area (Å²) < 4.78 is 0. The van der Waals surface area contributed by atoms with Gasteiger partial charge in [-0.3, -0.25) is 4.90 Å². The fourth-order valence-electron chi connectivity index (χ4n) is 4.26. The molecule has 2 aromatic carbocycles. The second-order valence-corrected chi connectivity index (χ2v) is 9.49. The number of hydrogen-bond donors (Lipinski definition) is 5. The van der Waals surface area contributed by atoms with E-state index in [0.29, 0.717) is 41.1 Å². The molecule has 1 saturated heterocycles. The minimum atomic E-state index is -1.22. The van der Waals surface area contributed by atoms with Crippen molar-refractivity contribution in [3.8, 4) is 11.3 Å². The van der Waals surface area contributed by atoms with E-state index in [2.05, 4.69) is 20.6 Å². The van der Waals surface area contributed by atoms with Gasteiger partial charge in [0.2, 0.25) is 0 Å². The molecule has 1 amide bonds. The second-order valence-electron chi connectivity index (χ2n) is 8.68. The number of nitrogens with two attached hydrogens (primary N) is 1. The first kappa shape index (κ1) is 26.5. The van der Waals surface area contributed by atoms with Crippen molar-refractivity contribution >= 4 is 46.9 Å². The molecule has 0 aliphatic carbocycles. The number of benzene rings is 2. The molecule has 6 N–H and O–H groups in total. The van der Waals surface area contributed by atoms with Gasteiger partial charge in [0.25, 0.3) is 0 Å². The SMILES string of the molecule is Nc1ncc(-c2cccc(CNC3CCN(C(=O)O)[C@@H](C(=O)O)C3)c2)nc1NCc1c(Cl)cccc1Cl. The van der Waals surface area contributed by atoms with E-state index in [4.69, 9.17) is 28.9 Å². The highest BCUT2D eigenvalue weighted by Gasteiger charge is 2.36. The minimum absolute atomic E-state index is 0.121. The van der Waals surface area contributed by atoms with E-state index >= 15 is 0 Å². The van der Waals surface area contributed by atoms with Crippen LogP contribution in [0.2, 0.25) is 10.0 Å². The lowest BCUT2D eigenvalue weighted by atomic mass is 9.97. The largest absolute Gasteiger partial charge is 0.480 e. The molecule has 4 rings (SSSR count). The molecule has 0 saturated carbocycles. The molecule has 1 unspecified atom stereocenters. The maximum absolute atomic E-state index is 11.5. The van der Waals surface area contributed by atoms with Gasteiger partial charge in [-0.05, 0) is 36.6 Å². The number of carboxylic acids is 1. The van der Waals surface area contributed by atoms with Crippen molar-refractivity contribution in [2.45, 2.75) is 38.0 Å². The van der Waals surface area contributed by atoms with E-state index in [0.717, 1.165) is 21.6 Å². The zero-order valence-corrected chi connectivity index (χ0v) is 21.2. The van der Waals surface area contributed by atoms with Crippen LogP contribution >= 0.6 is 23.2 Å². The van der Waals surface area contributed by atoms with E-state index in [1.165, 1.54) is 0 Å². The average molecular weight is 545 g/mol. The topological polar surface area (TPSA) is 154 Å². The van der Waals surface area contributed by atoms with Crippen LogP contribution in [-0.2, 0) is 17.9 Å². The molecule has 0 bridgehead atoms. The monoisotopic (exact) mass is 544 g/mol. The predicted octanol–water partition coefficient (Wildman–Crippen LogP) is 4.33. The number of amides is 1. The predicted molar refractivity (Wildman–Crippen MR) is 142 cm³/mol. The molecule has 3 aromatic rings. The Labute approximate surface area is 223 Å². The normalized spacial score (nSPS) is 17.4. The molecule has 12 heteroatoms. The third kappa shape index (κ3) is 6.40.